The number of hydrogen-bond donors (Lipinski definition) is 0. The van der Waals surface area contributed by atoms with E-state index >= 15 is 0 Å². The largest absolute Gasteiger partial charge is 0.419 e. The van der Waals surface area contributed by atoms with Crippen molar-refractivity contribution in [2.45, 2.75) is 6.18 Å². The van der Waals surface area contributed by atoms with Crippen LogP contribution in [0.4, 0.5) is 13.2 Å². The Morgan fingerprint density at radius 1 is 1.25 bits per heavy atom. The second-order valence-electron chi connectivity index (χ2n) is 3.45. The Labute approximate surface area is 89.3 Å². The molecule has 0 aliphatic carbocycles. The topological polar surface area (TPSA) is 22.0 Å². The molecular weight excluding hydrogens is 219 g/mol. The molecule has 0 saturated heterocycles. The number of aryl methyl sites for hydroxylation is 1. The minimum Gasteiger partial charge on any atom is -0.341 e. The maximum absolute atomic E-state index is 12.8. The lowest BCUT2D eigenvalue weighted by Crippen LogP contribution is -2.09. The molecule has 0 unspecified atom stereocenters. The Balaban J connectivity index is 2.95. The van der Waals surface area contributed by atoms with Crippen LogP contribution in [0.2, 0.25) is 0 Å². The molecule has 0 aliphatic rings. The number of carbonyl (C=O) groups is 1. The molecule has 0 N–H and O–H groups in total. The van der Waals surface area contributed by atoms with E-state index in [1.54, 1.807) is 12.1 Å². The van der Waals surface area contributed by atoms with Gasteiger partial charge in [0.25, 0.3) is 0 Å². The zero-order valence-corrected chi connectivity index (χ0v) is 8.38. The van der Waals surface area contributed by atoms with Crippen LogP contribution >= 0.6 is 0 Å². The number of alkyl halides is 3. The number of hydrogen-bond acceptors (Lipinski definition) is 1. The van der Waals surface area contributed by atoms with E-state index in [1.165, 1.54) is 23.7 Å². The van der Waals surface area contributed by atoms with Crippen molar-refractivity contribution in [2.24, 2.45) is 7.05 Å². The lowest BCUT2D eigenvalue weighted by atomic mass is 10.1. The number of carbonyl (C=O) groups excluding carboxylic acids is 1. The van der Waals surface area contributed by atoms with E-state index in [2.05, 4.69) is 0 Å². The zero-order valence-electron chi connectivity index (χ0n) is 8.38. The van der Waals surface area contributed by atoms with Crippen molar-refractivity contribution in [3.8, 4) is 0 Å². The number of fused-ring (bicyclic) bond motifs is 1. The van der Waals surface area contributed by atoms with E-state index < -0.39 is 11.7 Å². The van der Waals surface area contributed by atoms with Gasteiger partial charge in [0.05, 0.1) is 11.3 Å². The van der Waals surface area contributed by atoms with Gasteiger partial charge in [-0.1, -0.05) is 18.2 Å². The molecule has 0 saturated carbocycles. The van der Waals surface area contributed by atoms with Crippen LogP contribution in [0.15, 0.2) is 24.3 Å². The summed E-state index contributed by atoms with van der Waals surface area (Å²) in [6.45, 7) is 0. The van der Waals surface area contributed by atoms with Crippen molar-refractivity contribution in [1.82, 2.24) is 4.57 Å². The quantitative estimate of drug-likeness (QED) is 0.686. The van der Waals surface area contributed by atoms with Crippen LogP contribution in [0.5, 0.6) is 0 Å². The van der Waals surface area contributed by atoms with Gasteiger partial charge in [-0.3, -0.25) is 4.79 Å². The summed E-state index contributed by atoms with van der Waals surface area (Å²) in [6.07, 6.45) is -4.28. The molecule has 0 atom stereocenters. The summed E-state index contributed by atoms with van der Waals surface area (Å²) in [5, 5.41) is 0.0552. The van der Waals surface area contributed by atoms with Gasteiger partial charge in [-0.05, 0) is 6.07 Å². The number of para-hydroxylation sites is 1. The molecule has 2 nitrogen and oxygen atoms in total. The molecule has 0 fully saturated rings. The van der Waals surface area contributed by atoms with Crippen LogP contribution in [0, 0.1) is 0 Å². The maximum Gasteiger partial charge on any atom is 0.419 e. The molecule has 5 heteroatoms. The Hall–Kier alpha value is -1.78. The summed E-state index contributed by atoms with van der Waals surface area (Å²) in [6, 6.07) is 6.08. The average molecular weight is 227 g/mol. The molecule has 1 aromatic carbocycles. The molecular formula is C11H8F3NO. The van der Waals surface area contributed by atoms with Gasteiger partial charge in [-0.2, -0.15) is 13.2 Å². The number of aldehydes is 1. The molecule has 84 valence electrons. The fourth-order valence-corrected chi connectivity index (χ4v) is 1.85. The summed E-state index contributed by atoms with van der Waals surface area (Å²) in [7, 11) is 1.45. The summed E-state index contributed by atoms with van der Waals surface area (Å²) in [5.74, 6) is 0. The first-order chi connectivity index (χ1) is 7.46. The number of halogens is 3. The standard InChI is InChI=1S/C11H8F3NO/c1-15-8-5-3-2-4-7(8)10(9(15)6-16)11(12,13)14/h2-6H,1H3. The Morgan fingerprint density at radius 2 is 1.88 bits per heavy atom. The van der Waals surface area contributed by atoms with Crippen molar-refractivity contribution in [2.75, 3.05) is 0 Å². The second kappa shape index (κ2) is 3.37. The first-order valence-electron chi connectivity index (χ1n) is 4.56. The minimum atomic E-state index is -4.52. The molecule has 2 aromatic rings. The predicted octanol–water partition coefficient (Wildman–Crippen LogP) is 3.01. The highest BCUT2D eigenvalue weighted by Gasteiger charge is 2.37. The second-order valence-corrected chi connectivity index (χ2v) is 3.45. The maximum atomic E-state index is 12.8. The summed E-state index contributed by atoms with van der Waals surface area (Å²) in [5.41, 5.74) is -0.800. The van der Waals surface area contributed by atoms with Gasteiger partial charge < -0.3 is 4.57 Å². The Morgan fingerprint density at radius 3 is 2.44 bits per heavy atom. The fraction of sp³-hybridized carbons (Fsp3) is 0.182. The first-order valence-corrected chi connectivity index (χ1v) is 4.56. The number of benzene rings is 1. The average Bonchev–Trinajstić information content (AvgIpc) is 2.51. The van der Waals surface area contributed by atoms with Gasteiger partial charge in [0.1, 0.15) is 0 Å². The van der Waals surface area contributed by atoms with Gasteiger partial charge >= 0.3 is 6.18 Å². The van der Waals surface area contributed by atoms with Crippen molar-refractivity contribution in [3.63, 3.8) is 0 Å². The molecule has 16 heavy (non-hydrogen) atoms. The van der Waals surface area contributed by atoms with Gasteiger partial charge in [0.15, 0.2) is 6.29 Å². The highest BCUT2D eigenvalue weighted by Crippen LogP contribution is 2.38. The van der Waals surface area contributed by atoms with Crippen molar-refractivity contribution in [3.05, 3.63) is 35.5 Å². The minimum absolute atomic E-state index is 0.0552. The summed E-state index contributed by atoms with van der Waals surface area (Å²) in [4.78, 5) is 10.7. The number of rotatable bonds is 1. The van der Waals surface area contributed by atoms with Crippen LogP contribution in [0.3, 0.4) is 0 Å². The normalized spacial score (nSPS) is 12.0. The van der Waals surface area contributed by atoms with Crippen LogP contribution < -0.4 is 0 Å². The predicted molar refractivity (Wildman–Crippen MR) is 53.3 cm³/mol. The Bertz CT molecular complexity index is 554. The monoisotopic (exact) mass is 227 g/mol. The highest BCUT2D eigenvalue weighted by molar-refractivity contribution is 5.93. The zero-order chi connectivity index (χ0) is 11.9. The number of nitrogens with zero attached hydrogens (tertiary/aromatic N) is 1. The molecule has 0 spiro atoms. The summed E-state index contributed by atoms with van der Waals surface area (Å²) < 4.78 is 39.7. The van der Waals surface area contributed by atoms with E-state index in [4.69, 9.17) is 0 Å². The van der Waals surface area contributed by atoms with Crippen LogP contribution in [0.25, 0.3) is 10.9 Å². The molecule has 1 heterocycles. The smallest absolute Gasteiger partial charge is 0.341 e. The van der Waals surface area contributed by atoms with Crippen molar-refractivity contribution >= 4 is 17.2 Å². The molecule has 0 bridgehead atoms. The highest BCUT2D eigenvalue weighted by atomic mass is 19.4. The lowest BCUT2D eigenvalue weighted by molar-refractivity contribution is -0.136. The molecule has 0 radical (unpaired) electrons. The fourth-order valence-electron chi connectivity index (χ4n) is 1.85. The SMILES string of the molecule is Cn1c(C=O)c(C(F)(F)F)c2ccccc21. The van der Waals surface area contributed by atoms with Crippen LogP contribution in [-0.4, -0.2) is 10.9 Å². The summed E-state index contributed by atoms with van der Waals surface area (Å²) >= 11 is 0. The van der Waals surface area contributed by atoms with Gasteiger partial charge in [0.2, 0.25) is 0 Å². The molecule has 1 aromatic heterocycles. The lowest BCUT2D eigenvalue weighted by Gasteiger charge is -2.05. The van der Waals surface area contributed by atoms with Gasteiger partial charge in [-0.15, -0.1) is 0 Å². The third-order valence-electron chi connectivity index (χ3n) is 2.55. The van der Waals surface area contributed by atoms with Crippen molar-refractivity contribution < 1.29 is 18.0 Å². The van der Waals surface area contributed by atoms with E-state index in [9.17, 15) is 18.0 Å². The third-order valence-corrected chi connectivity index (χ3v) is 2.55. The van der Waals surface area contributed by atoms with Crippen molar-refractivity contribution in [1.29, 1.82) is 0 Å². The third kappa shape index (κ3) is 1.39. The molecule has 0 aliphatic heterocycles. The van der Waals surface area contributed by atoms with E-state index in [0.717, 1.165) is 0 Å². The Kier molecular flexibility index (Phi) is 2.26. The van der Waals surface area contributed by atoms with E-state index in [0.29, 0.717) is 5.52 Å². The van der Waals surface area contributed by atoms with Gasteiger partial charge in [-0.25, -0.2) is 0 Å². The molecule has 2 rings (SSSR count). The van der Waals surface area contributed by atoms with Crippen LogP contribution in [-0.2, 0) is 13.2 Å². The van der Waals surface area contributed by atoms with E-state index in [1.807, 2.05) is 0 Å². The molecule has 0 amide bonds. The van der Waals surface area contributed by atoms with E-state index in [-0.39, 0.29) is 17.4 Å². The number of aromatic nitrogens is 1. The van der Waals surface area contributed by atoms with Crippen LogP contribution in [0.1, 0.15) is 16.1 Å². The first kappa shape index (κ1) is 10.7. The van der Waals surface area contributed by atoms with Gasteiger partial charge in [0, 0.05) is 18.0 Å².